The molecular weight excluding hydrogens is 214 g/mol. The van der Waals surface area contributed by atoms with Crippen LogP contribution in [0.3, 0.4) is 0 Å². The Labute approximate surface area is 91.5 Å². The van der Waals surface area contributed by atoms with Gasteiger partial charge in [0.05, 0.1) is 5.75 Å². The van der Waals surface area contributed by atoms with Crippen molar-refractivity contribution in [2.24, 2.45) is 11.3 Å². The maximum atomic E-state index is 11.6. The molecule has 0 aromatic carbocycles. The SMILES string of the molecule is CC(C)(C)CS(=O)(=O)NC(=O)C1CCC1. The van der Waals surface area contributed by atoms with Crippen LogP contribution in [0, 0.1) is 11.3 Å². The summed E-state index contributed by atoms with van der Waals surface area (Å²) in [6, 6.07) is 0. The monoisotopic (exact) mass is 233 g/mol. The van der Waals surface area contributed by atoms with E-state index in [0.29, 0.717) is 0 Å². The molecule has 1 aliphatic carbocycles. The molecule has 0 heterocycles. The smallest absolute Gasteiger partial charge is 0.236 e. The predicted molar refractivity (Wildman–Crippen MR) is 58.7 cm³/mol. The Morgan fingerprint density at radius 2 is 1.87 bits per heavy atom. The number of nitrogens with one attached hydrogen (secondary N) is 1. The molecule has 0 unspecified atom stereocenters. The van der Waals surface area contributed by atoms with Crippen molar-refractivity contribution in [3.8, 4) is 0 Å². The average Bonchev–Trinajstić information content (AvgIpc) is 1.71. The molecule has 15 heavy (non-hydrogen) atoms. The largest absolute Gasteiger partial charge is 0.274 e. The predicted octanol–water partition coefficient (Wildman–Crippen LogP) is 1.28. The van der Waals surface area contributed by atoms with E-state index in [1.165, 1.54) is 0 Å². The molecule has 0 atom stereocenters. The summed E-state index contributed by atoms with van der Waals surface area (Å²) < 4.78 is 25.3. The van der Waals surface area contributed by atoms with Gasteiger partial charge in [-0.25, -0.2) is 8.42 Å². The van der Waals surface area contributed by atoms with Gasteiger partial charge in [0.15, 0.2) is 0 Å². The minimum atomic E-state index is -3.46. The lowest BCUT2D eigenvalue weighted by atomic mass is 9.85. The summed E-state index contributed by atoms with van der Waals surface area (Å²) >= 11 is 0. The number of hydrogen-bond donors (Lipinski definition) is 1. The fourth-order valence-electron chi connectivity index (χ4n) is 1.51. The van der Waals surface area contributed by atoms with Crippen LogP contribution in [0.25, 0.3) is 0 Å². The first-order valence-electron chi connectivity index (χ1n) is 5.24. The summed E-state index contributed by atoms with van der Waals surface area (Å²) in [5.41, 5.74) is -0.328. The molecule has 0 aliphatic heterocycles. The first-order chi connectivity index (χ1) is 6.70. The average molecular weight is 233 g/mol. The third kappa shape index (κ3) is 4.20. The maximum Gasteiger partial charge on any atom is 0.236 e. The van der Waals surface area contributed by atoms with Crippen LogP contribution in [0.2, 0.25) is 0 Å². The van der Waals surface area contributed by atoms with Crippen molar-refractivity contribution in [2.45, 2.75) is 40.0 Å². The quantitative estimate of drug-likeness (QED) is 0.798. The molecule has 1 N–H and O–H groups in total. The number of sulfonamides is 1. The van der Waals surface area contributed by atoms with E-state index in [4.69, 9.17) is 0 Å². The minimum Gasteiger partial charge on any atom is -0.274 e. The third-order valence-electron chi connectivity index (χ3n) is 2.36. The summed E-state index contributed by atoms with van der Waals surface area (Å²) in [7, 11) is -3.46. The minimum absolute atomic E-state index is 0.0154. The fraction of sp³-hybridized carbons (Fsp3) is 0.900. The van der Waals surface area contributed by atoms with E-state index in [9.17, 15) is 13.2 Å². The van der Waals surface area contributed by atoms with Gasteiger partial charge in [-0.15, -0.1) is 0 Å². The van der Waals surface area contributed by atoms with Gasteiger partial charge in [-0.2, -0.15) is 0 Å². The molecule has 0 bridgehead atoms. The highest BCUT2D eigenvalue weighted by molar-refractivity contribution is 7.90. The first kappa shape index (κ1) is 12.5. The van der Waals surface area contributed by atoms with E-state index in [1.54, 1.807) is 0 Å². The number of rotatable bonds is 3. The van der Waals surface area contributed by atoms with Gasteiger partial charge in [0, 0.05) is 5.92 Å². The Bertz CT molecular complexity index is 336. The van der Waals surface area contributed by atoms with E-state index in [2.05, 4.69) is 4.72 Å². The van der Waals surface area contributed by atoms with Crippen molar-refractivity contribution in [1.82, 2.24) is 4.72 Å². The van der Waals surface area contributed by atoms with E-state index >= 15 is 0 Å². The maximum absolute atomic E-state index is 11.6. The van der Waals surface area contributed by atoms with Gasteiger partial charge in [0.1, 0.15) is 0 Å². The number of carbonyl (C=O) groups excluding carboxylic acids is 1. The van der Waals surface area contributed by atoms with Gasteiger partial charge < -0.3 is 0 Å². The van der Waals surface area contributed by atoms with Crippen LogP contribution in [0.1, 0.15) is 40.0 Å². The number of carbonyl (C=O) groups is 1. The number of amides is 1. The van der Waals surface area contributed by atoms with Crippen molar-refractivity contribution < 1.29 is 13.2 Å². The number of hydrogen-bond acceptors (Lipinski definition) is 3. The lowest BCUT2D eigenvalue weighted by Gasteiger charge is -2.25. The molecule has 5 heteroatoms. The van der Waals surface area contributed by atoms with Crippen molar-refractivity contribution >= 4 is 15.9 Å². The van der Waals surface area contributed by atoms with Crippen molar-refractivity contribution in [3.05, 3.63) is 0 Å². The van der Waals surface area contributed by atoms with E-state index in [1.807, 2.05) is 20.8 Å². The highest BCUT2D eigenvalue weighted by Gasteiger charge is 2.30. The zero-order chi connectivity index (χ0) is 11.7. The third-order valence-corrected chi connectivity index (χ3v) is 4.11. The second-order valence-electron chi connectivity index (χ2n) is 5.41. The zero-order valence-corrected chi connectivity index (χ0v) is 10.4. The summed E-state index contributed by atoms with van der Waals surface area (Å²) in [4.78, 5) is 11.4. The Kier molecular flexibility index (Phi) is 3.43. The van der Waals surface area contributed by atoms with Gasteiger partial charge in [-0.3, -0.25) is 9.52 Å². The second kappa shape index (κ2) is 4.12. The molecule has 1 fully saturated rings. The normalized spacial score (nSPS) is 18.3. The van der Waals surface area contributed by atoms with E-state index in [-0.39, 0.29) is 23.0 Å². The summed E-state index contributed by atoms with van der Waals surface area (Å²) in [6.45, 7) is 5.50. The molecule has 1 saturated carbocycles. The van der Waals surface area contributed by atoms with Crippen LogP contribution in [0.5, 0.6) is 0 Å². The molecule has 88 valence electrons. The van der Waals surface area contributed by atoms with E-state index in [0.717, 1.165) is 19.3 Å². The van der Waals surface area contributed by atoms with E-state index < -0.39 is 10.0 Å². The molecule has 0 aromatic rings. The summed E-state index contributed by atoms with van der Waals surface area (Å²) in [5, 5.41) is 0. The molecule has 0 saturated heterocycles. The highest BCUT2D eigenvalue weighted by atomic mass is 32.2. The molecule has 0 aromatic heterocycles. The van der Waals surface area contributed by atoms with Crippen LogP contribution in [0.15, 0.2) is 0 Å². The van der Waals surface area contributed by atoms with Crippen molar-refractivity contribution in [3.63, 3.8) is 0 Å². The second-order valence-corrected chi connectivity index (χ2v) is 7.14. The molecular formula is C10H19NO3S. The molecule has 4 nitrogen and oxygen atoms in total. The van der Waals surface area contributed by atoms with Crippen LogP contribution < -0.4 is 4.72 Å². The molecule has 1 rings (SSSR count). The van der Waals surface area contributed by atoms with Crippen LogP contribution >= 0.6 is 0 Å². The van der Waals surface area contributed by atoms with Gasteiger partial charge in [-0.1, -0.05) is 27.2 Å². The molecule has 1 aliphatic rings. The van der Waals surface area contributed by atoms with Crippen LogP contribution in [-0.4, -0.2) is 20.1 Å². The van der Waals surface area contributed by atoms with Crippen LogP contribution in [-0.2, 0) is 14.8 Å². The summed E-state index contributed by atoms with van der Waals surface area (Å²) in [6.07, 6.45) is 2.66. The van der Waals surface area contributed by atoms with Crippen LogP contribution in [0.4, 0.5) is 0 Å². The van der Waals surface area contributed by atoms with Gasteiger partial charge in [-0.05, 0) is 18.3 Å². The molecule has 0 radical (unpaired) electrons. The fourth-order valence-corrected chi connectivity index (χ4v) is 3.20. The Hall–Kier alpha value is -0.580. The topological polar surface area (TPSA) is 63.2 Å². The molecule has 1 amide bonds. The lowest BCUT2D eigenvalue weighted by molar-refractivity contribution is -0.125. The highest BCUT2D eigenvalue weighted by Crippen LogP contribution is 2.26. The van der Waals surface area contributed by atoms with Gasteiger partial charge in [0.2, 0.25) is 15.9 Å². The van der Waals surface area contributed by atoms with Gasteiger partial charge in [0.25, 0.3) is 0 Å². The molecule has 0 spiro atoms. The first-order valence-corrected chi connectivity index (χ1v) is 6.89. The summed E-state index contributed by atoms with van der Waals surface area (Å²) in [5.74, 6) is -0.427. The standard InChI is InChI=1S/C10H19NO3S/c1-10(2,3)7-15(13,14)11-9(12)8-5-4-6-8/h8H,4-7H2,1-3H3,(H,11,12). The van der Waals surface area contributed by atoms with Gasteiger partial charge >= 0.3 is 0 Å². The Morgan fingerprint density at radius 1 is 1.33 bits per heavy atom. The van der Waals surface area contributed by atoms with Crippen molar-refractivity contribution in [2.75, 3.05) is 5.75 Å². The lowest BCUT2D eigenvalue weighted by Crippen LogP contribution is -2.41. The van der Waals surface area contributed by atoms with Crippen molar-refractivity contribution in [1.29, 1.82) is 0 Å². The Morgan fingerprint density at radius 3 is 2.20 bits per heavy atom. The Balaban J connectivity index is 2.52. The zero-order valence-electron chi connectivity index (χ0n) is 9.54.